The second kappa shape index (κ2) is 5.68. The number of nitriles is 1. The van der Waals surface area contributed by atoms with Gasteiger partial charge in [0, 0.05) is 0 Å². The molecule has 0 aliphatic carbocycles. The molecule has 0 aliphatic rings. The van der Waals surface area contributed by atoms with Crippen LogP contribution in [-0.2, 0) is 6.61 Å². The maximum Gasteiger partial charge on any atom is 0.144 e. The standard InChI is InChI=1S/C14H8ClF2NO/c15-11-6-9(4-5-13(11)17)8-19-14-3-1-2-12(16)10(14)7-18/h1-6H,8H2. The van der Waals surface area contributed by atoms with E-state index in [-0.39, 0.29) is 22.9 Å². The normalized spacial score (nSPS) is 10.0. The largest absolute Gasteiger partial charge is 0.487 e. The number of ether oxygens (including phenoxy) is 1. The lowest BCUT2D eigenvalue weighted by Gasteiger charge is -2.08. The maximum atomic E-state index is 13.3. The molecule has 2 nitrogen and oxygen atoms in total. The Morgan fingerprint density at radius 1 is 1.16 bits per heavy atom. The van der Waals surface area contributed by atoms with Gasteiger partial charge in [0.25, 0.3) is 0 Å². The molecule has 0 aromatic heterocycles. The van der Waals surface area contributed by atoms with E-state index in [1.54, 1.807) is 6.07 Å². The van der Waals surface area contributed by atoms with E-state index in [4.69, 9.17) is 21.6 Å². The first-order valence-corrected chi connectivity index (χ1v) is 5.75. The molecule has 0 aliphatic heterocycles. The minimum atomic E-state index is -0.642. The Morgan fingerprint density at radius 3 is 2.63 bits per heavy atom. The first kappa shape index (κ1) is 13.3. The zero-order valence-corrected chi connectivity index (χ0v) is 10.4. The zero-order chi connectivity index (χ0) is 13.8. The van der Waals surface area contributed by atoms with Crippen LogP contribution in [0.15, 0.2) is 36.4 Å². The number of hydrogen-bond acceptors (Lipinski definition) is 2. The topological polar surface area (TPSA) is 33.0 Å². The summed E-state index contributed by atoms with van der Waals surface area (Å²) in [5.41, 5.74) is 0.468. The Hall–Kier alpha value is -2.12. The van der Waals surface area contributed by atoms with Crippen LogP contribution in [-0.4, -0.2) is 0 Å². The lowest BCUT2D eigenvalue weighted by atomic mass is 10.2. The lowest BCUT2D eigenvalue weighted by Crippen LogP contribution is -1.99. The van der Waals surface area contributed by atoms with Crippen LogP contribution in [0.25, 0.3) is 0 Å². The predicted molar refractivity (Wildman–Crippen MR) is 66.9 cm³/mol. The predicted octanol–water partition coefficient (Wildman–Crippen LogP) is 4.07. The van der Waals surface area contributed by atoms with Gasteiger partial charge in [-0.15, -0.1) is 0 Å². The van der Waals surface area contributed by atoms with Crippen molar-refractivity contribution in [3.8, 4) is 11.8 Å². The summed E-state index contributed by atoms with van der Waals surface area (Å²) >= 11 is 5.64. The van der Waals surface area contributed by atoms with Crippen molar-refractivity contribution in [2.75, 3.05) is 0 Å². The molecule has 0 bridgehead atoms. The first-order chi connectivity index (χ1) is 9.11. The van der Waals surface area contributed by atoms with Crippen LogP contribution in [0.1, 0.15) is 11.1 Å². The van der Waals surface area contributed by atoms with Crippen LogP contribution >= 0.6 is 11.6 Å². The molecule has 96 valence electrons. The highest BCUT2D eigenvalue weighted by Crippen LogP contribution is 2.22. The van der Waals surface area contributed by atoms with Gasteiger partial charge in [0.05, 0.1) is 5.02 Å². The Kier molecular flexibility index (Phi) is 3.98. The molecule has 2 aromatic rings. The zero-order valence-electron chi connectivity index (χ0n) is 9.66. The summed E-state index contributed by atoms with van der Waals surface area (Å²) in [6.45, 7) is 0.0676. The molecule has 0 N–H and O–H groups in total. The van der Waals surface area contributed by atoms with Gasteiger partial charge >= 0.3 is 0 Å². The van der Waals surface area contributed by atoms with Crippen molar-refractivity contribution in [1.82, 2.24) is 0 Å². The van der Waals surface area contributed by atoms with Gasteiger partial charge in [-0.3, -0.25) is 0 Å². The van der Waals surface area contributed by atoms with Gasteiger partial charge in [0.2, 0.25) is 0 Å². The Morgan fingerprint density at radius 2 is 1.95 bits per heavy atom. The summed E-state index contributed by atoms with van der Waals surface area (Å²) in [5, 5.41) is 8.82. The molecule has 0 spiro atoms. The van der Waals surface area contributed by atoms with Crippen molar-refractivity contribution in [3.63, 3.8) is 0 Å². The minimum Gasteiger partial charge on any atom is -0.487 e. The van der Waals surface area contributed by atoms with E-state index in [1.165, 1.54) is 36.4 Å². The number of benzene rings is 2. The van der Waals surface area contributed by atoms with Crippen molar-refractivity contribution in [1.29, 1.82) is 5.26 Å². The van der Waals surface area contributed by atoms with Gasteiger partial charge in [-0.25, -0.2) is 8.78 Å². The fourth-order valence-corrected chi connectivity index (χ4v) is 1.73. The van der Waals surface area contributed by atoms with Crippen LogP contribution in [0.2, 0.25) is 5.02 Å². The van der Waals surface area contributed by atoms with E-state index in [9.17, 15) is 8.78 Å². The van der Waals surface area contributed by atoms with Crippen LogP contribution in [0, 0.1) is 23.0 Å². The molecule has 0 radical (unpaired) electrons. The minimum absolute atomic E-state index is 0.0131. The monoisotopic (exact) mass is 279 g/mol. The highest BCUT2D eigenvalue weighted by Gasteiger charge is 2.09. The Labute approximate surface area is 113 Å². The quantitative estimate of drug-likeness (QED) is 0.848. The highest BCUT2D eigenvalue weighted by atomic mass is 35.5. The van der Waals surface area contributed by atoms with Crippen LogP contribution < -0.4 is 4.74 Å². The van der Waals surface area contributed by atoms with Gasteiger partial charge in [0.1, 0.15) is 35.6 Å². The van der Waals surface area contributed by atoms with Gasteiger partial charge in [-0.2, -0.15) is 5.26 Å². The van der Waals surface area contributed by atoms with Crippen LogP contribution in [0.3, 0.4) is 0 Å². The first-order valence-electron chi connectivity index (χ1n) is 5.37. The second-order valence-electron chi connectivity index (χ2n) is 3.76. The molecule has 19 heavy (non-hydrogen) atoms. The second-order valence-corrected chi connectivity index (χ2v) is 4.17. The highest BCUT2D eigenvalue weighted by molar-refractivity contribution is 6.30. The van der Waals surface area contributed by atoms with Gasteiger partial charge in [0.15, 0.2) is 0 Å². The number of halogens is 3. The molecular formula is C14H8ClF2NO. The van der Waals surface area contributed by atoms with Crippen molar-refractivity contribution < 1.29 is 13.5 Å². The summed E-state index contributed by atoms with van der Waals surface area (Å²) in [7, 11) is 0. The number of nitrogens with zero attached hydrogens (tertiary/aromatic N) is 1. The van der Waals surface area contributed by atoms with E-state index >= 15 is 0 Å². The van der Waals surface area contributed by atoms with E-state index in [0.29, 0.717) is 5.56 Å². The summed E-state index contributed by atoms with van der Waals surface area (Å²) < 4.78 is 31.6. The van der Waals surface area contributed by atoms with Gasteiger partial charge in [-0.05, 0) is 29.8 Å². The molecule has 0 saturated carbocycles. The molecule has 2 aromatic carbocycles. The third-order valence-corrected chi connectivity index (χ3v) is 2.76. The molecule has 0 amide bonds. The Balaban J connectivity index is 2.17. The van der Waals surface area contributed by atoms with E-state index in [1.807, 2.05) is 0 Å². The van der Waals surface area contributed by atoms with Crippen molar-refractivity contribution in [2.24, 2.45) is 0 Å². The number of rotatable bonds is 3. The van der Waals surface area contributed by atoms with Crippen molar-refractivity contribution >= 4 is 11.6 Å². The molecule has 0 heterocycles. The maximum absolute atomic E-state index is 13.3. The molecular weight excluding hydrogens is 272 g/mol. The summed E-state index contributed by atoms with van der Waals surface area (Å²) in [6, 6.07) is 10.0. The Bertz CT molecular complexity index is 652. The molecule has 0 saturated heterocycles. The van der Waals surface area contributed by atoms with E-state index in [0.717, 1.165) is 0 Å². The third-order valence-electron chi connectivity index (χ3n) is 2.47. The van der Waals surface area contributed by atoms with Crippen molar-refractivity contribution in [2.45, 2.75) is 6.61 Å². The molecule has 0 unspecified atom stereocenters. The molecule has 5 heteroatoms. The van der Waals surface area contributed by atoms with Crippen LogP contribution in [0.5, 0.6) is 5.75 Å². The van der Waals surface area contributed by atoms with Gasteiger partial charge in [-0.1, -0.05) is 23.7 Å². The summed E-state index contributed by atoms with van der Waals surface area (Å²) in [5.74, 6) is -1.02. The van der Waals surface area contributed by atoms with Crippen molar-refractivity contribution in [3.05, 3.63) is 64.2 Å². The fraction of sp³-hybridized carbons (Fsp3) is 0.0714. The average molecular weight is 280 g/mol. The fourth-order valence-electron chi connectivity index (χ4n) is 1.52. The third kappa shape index (κ3) is 3.01. The van der Waals surface area contributed by atoms with E-state index in [2.05, 4.69) is 0 Å². The molecule has 0 atom stereocenters. The smallest absolute Gasteiger partial charge is 0.144 e. The lowest BCUT2D eigenvalue weighted by molar-refractivity contribution is 0.303. The SMILES string of the molecule is N#Cc1c(F)cccc1OCc1ccc(F)c(Cl)c1. The van der Waals surface area contributed by atoms with Gasteiger partial charge < -0.3 is 4.74 Å². The molecule has 0 fully saturated rings. The average Bonchev–Trinajstić information content (AvgIpc) is 2.40. The number of hydrogen-bond donors (Lipinski definition) is 0. The summed E-state index contributed by atoms with van der Waals surface area (Å²) in [6.07, 6.45) is 0. The molecule has 2 rings (SSSR count). The van der Waals surface area contributed by atoms with E-state index < -0.39 is 11.6 Å². The van der Waals surface area contributed by atoms with Crippen LogP contribution in [0.4, 0.5) is 8.78 Å². The summed E-state index contributed by atoms with van der Waals surface area (Å²) in [4.78, 5) is 0.